The molecule has 0 aliphatic heterocycles. The van der Waals surface area contributed by atoms with Crippen LogP contribution in [0, 0.1) is 0 Å². The highest BCUT2D eigenvalue weighted by Gasteiger charge is 2.01. The van der Waals surface area contributed by atoms with Crippen LogP contribution in [-0.2, 0) is 9.59 Å². The van der Waals surface area contributed by atoms with Gasteiger partial charge in [-0.1, -0.05) is 6.92 Å². The van der Waals surface area contributed by atoms with E-state index >= 15 is 0 Å². The minimum Gasteiger partial charge on any atom is -0.511 e. The van der Waals surface area contributed by atoms with Gasteiger partial charge in [0.25, 0.3) is 0 Å². The lowest BCUT2D eigenvalue weighted by Gasteiger charge is -1.93. The van der Waals surface area contributed by atoms with Crippen molar-refractivity contribution in [1.29, 1.82) is 0 Å². The quantitative estimate of drug-likeness (QED) is 0.331. The van der Waals surface area contributed by atoms with E-state index in [1.165, 1.54) is 6.20 Å². The molecule has 0 aromatic rings. The van der Waals surface area contributed by atoms with Crippen LogP contribution in [-0.4, -0.2) is 28.2 Å². The van der Waals surface area contributed by atoms with Crippen molar-refractivity contribution in [2.45, 2.75) is 26.2 Å². The molecule has 6 nitrogen and oxygen atoms in total. The van der Waals surface area contributed by atoms with E-state index < -0.39 is 5.97 Å². The predicted octanol–water partition coefficient (Wildman–Crippen LogP) is 0.805. The summed E-state index contributed by atoms with van der Waals surface area (Å²) >= 11 is 0. The smallest absolute Gasteiger partial charge is 0.303 e. The van der Waals surface area contributed by atoms with Gasteiger partial charge in [0.15, 0.2) is 5.78 Å². The fourth-order valence-electron chi connectivity index (χ4n) is 0.618. The van der Waals surface area contributed by atoms with Crippen LogP contribution in [0.1, 0.15) is 26.2 Å². The highest BCUT2D eigenvalue weighted by atomic mass is 16.4. The summed E-state index contributed by atoms with van der Waals surface area (Å²) in [6.07, 6.45) is 2.42. The second kappa shape index (κ2) is 7.54. The Kier molecular flexibility index (Phi) is 6.61. The third-order valence-electron chi connectivity index (χ3n) is 1.46. The molecule has 3 N–H and O–H groups in total. The van der Waals surface area contributed by atoms with Gasteiger partial charge < -0.3 is 10.2 Å². The van der Waals surface area contributed by atoms with Crippen molar-refractivity contribution in [1.82, 2.24) is 5.43 Å². The highest BCUT2D eigenvalue weighted by molar-refractivity contribution is 6.27. The number of carboxylic acids is 1. The minimum atomic E-state index is -1.02. The number of hydrazone groups is 1. The molecule has 84 valence electrons. The molecule has 0 aliphatic rings. The van der Waals surface area contributed by atoms with Crippen molar-refractivity contribution in [2.24, 2.45) is 5.10 Å². The zero-order valence-corrected chi connectivity index (χ0v) is 8.43. The number of Topliss-reactive ketones (excluding diaryl/α,β-unsaturated/α-hetero) is 1. The number of aliphatic hydroxyl groups is 1. The molecule has 0 heterocycles. The Balaban J connectivity index is 3.77. The van der Waals surface area contributed by atoms with Crippen LogP contribution in [0.5, 0.6) is 0 Å². The number of allylic oxidation sites excluding steroid dienone is 1. The van der Waals surface area contributed by atoms with Gasteiger partial charge in [0.2, 0.25) is 0 Å². The van der Waals surface area contributed by atoms with Crippen LogP contribution in [0.2, 0.25) is 0 Å². The lowest BCUT2D eigenvalue weighted by molar-refractivity contribution is -0.138. The molecule has 0 saturated heterocycles. The number of carbonyl (C=O) groups excluding carboxylic acids is 1. The average molecular weight is 214 g/mol. The summed E-state index contributed by atoms with van der Waals surface area (Å²) in [4.78, 5) is 21.0. The molecule has 0 aliphatic carbocycles. The number of nitrogens with zero attached hydrogens (tertiary/aromatic N) is 1. The summed E-state index contributed by atoms with van der Waals surface area (Å²) in [5, 5.41) is 20.7. The Morgan fingerprint density at radius 3 is 2.53 bits per heavy atom. The number of carboxylic acid groups (broad SMARTS) is 1. The van der Waals surface area contributed by atoms with Crippen LogP contribution in [0.3, 0.4) is 0 Å². The second-order valence-corrected chi connectivity index (χ2v) is 2.74. The Morgan fingerprint density at radius 1 is 1.33 bits per heavy atom. The Hall–Kier alpha value is -1.85. The van der Waals surface area contributed by atoms with E-state index in [2.05, 4.69) is 10.5 Å². The van der Waals surface area contributed by atoms with Crippen LogP contribution < -0.4 is 5.43 Å². The van der Waals surface area contributed by atoms with Gasteiger partial charge >= 0.3 is 5.97 Å². The maximum absolute atomic E-state index is 10.9. The lowest BCUT2D eigenvalue weighted by atomic mass is 10.2. The van der Waals surface area contributed by atoms with Crippen molar-refractivity contribution < 1.29 is 19.8 Å². The highest BCUT2D eigenvalue weighted by Crippen LogP contribution is 1.91. The predicted molar refractivity (Wildman–Crippen MR) is 54.5 cm³/mol. The molecular formula is C9H14N2O4. The molecule has 0 aromatic carbocycles. The van der Waals surface area contributed by atoms with E-state index in [9.17, 15) is 9.59 Å². The zero-order chi connectivity index (χ0) is 11.7. The average Bonchev–Trinajstić information content (AvgIpc) is 2.21. The molecule has 0 aromatic heterocycles. The maximum Gasteiger partial charge on any atom is 0.303 e. The van der Waals surface area contributed by atoms with Crippen molar-refractivity contribution >= 4 is 18.0 Å². The maximum atomic E-state index is 10.9. The number of rotatable bonds is 7. The number of hydrogen-bond donors (Lipinski definition) is 3. The SMILES string of the molecule is CCC(O)=CNN=CC(=O)CCC(=O)O. The normalized spacial score (nSPS) is 11.7. The molecule has 0 saturated carbocycles. The minimum absolute atomic E-state index is 0.0794. The van der Waals surface area contributed by atoms with Crippen LogP contribution in [0.4, 0.5) is 0 Å². The Bertz CT molecular complexity index is 284. The first-order valence-corrected chi connectivity index (χ1v) is 4.47. The van der Waals surface area contributed by atoms with Crippen LogP contribution in [0.25, 0.3) is 0 Å². The van der Waals surface area contributed by atoms with Crippen LogP contribution >= 0.6 is 0 Å². The third kappa shape index (κ3) is 8.48. The molecule has 0 amide bonds. The first kappa shape index (κ1) is 13.2. The van der Waals surface area contributed by atoms with Gasteiger partial charge in [-0.05, 0) is 0 Å². The number of aliphatic hydroxyl groups excluding tert-OH is 1. The number of hydrogen-bond acceptors (Lipinski definition) is 5. The molecule has 0 fully saturated rings. The topological polar surface area (TPSA) is 99.0 Å². The van der Waals surface area contributed by atoms with Crippen molar-refractivity contribution in [3.05, 3.63) is 12.0 Å². The summed E-state index contributed by atoms with van der Waals surface area (Å²) in [5.74, 6) is -1.28. The largest absolute Gasteiger partial charge is 0.511 e. The van der Waals surface area contributed by atoms with E-state index in [1.807, 2.05) is 0 Å². The second-order valence-electron chi connectivity index (χ2n) is 2.74. The van der Waals surface area contributed by atoms with E-state index in [0.717, 1.165) is 6.21 Å². The number of aliphatic carboxylic acids is 1. The molecule has 0 bridgehead atoms. The van der Waals surface area contributed by atoms with Gasteiger partial charge in [-0.2, -0.15) is 5.10 Å². The lowest BCUT2D eigenvalue weighted by Crippen LogP contribution is -2.06. The molecular weight excluding hydrogens is 200 g/mol. The van der Waals surface area contributed by atoms with Crippen molar-refractivity contribution in [2.75, 3.05) is 0 Å². The zero-order valence-electron chi connectivity index (χ0n) is 8.43. The summed E-state index contributed by atoms with van der Waals surface area (Å²) in [6, 6.07) is 0. The standard InChI is InChI=1S/C9H14N2O4/c1-2-7(12)5-10-11-6-8(13)3-4-9(14)15/h5-6,10,12H,2-4H2,1H3,(H,14,15). The van der Waals surface area contributed by atoms with Crippen LogP contribution in [0.15, 0.2) is 17.1 Å². The first-order valence-electron chi connectivity index (χ1n) is 4.47. The number of carbonyl (C=O) groups is 2. The van der Waals surface area contributed by atoms with E-state index in [4.69, 9.17) is 10.2 Å². The van der Waals surface area contributed by atoms with E-state index in [1.54, 1.807) is 6.92 Å². The molecule has 15 heavy (non-hydrogen) atoms. The van der Waals surface area contributed by atoms with Gasteiger partial charge in [0, 0.05) is 12.8 Å². The summed E-state index contributed by atoms with van der Waals surface area (Å²) in [7, 11) is 0. The molecule has 0 rings (SSSR count). The molecule has 0 atom stereocenters. The molecule has 0 spiro atoms. The fraction of sp³-hybridized carbons (Fsp3) is 0.444. The van der Waals surface area contributed by atoms with E-state index in [-0.39, 0.29) is 24.4 Å². The van der Waals surface area contributed by atoms with Gasteiger partial charge in [-0.15, -0.1) is 0 Å². The molecule has 0 radical (unpaired) electrons. The Labute approximate surface area is 87.3 Å². The van der Waals surface area contributed by atoms with Gasteiger partial charge in [-0.25, -0.2) is 0 Å². The molecule has 0 unspecified atom stereocenters. The first-order chi connectivity index (χ1) is 7.06. The van der Waals surface area contributed by atoms with Crippen molar-refractivity contribution in [3.63, 3.8) is 0 Å². The van der Waals surface area contributed by atoms with Crippen molar-refractivity contribution in [3.8, 4) is 0 Å². The summed E-state index contributed by atoms with van der Waals surface area (Å²) in [6.45, 7) is 1.76. The molecule has 6 heteroatoms. The van der Waals surface area contributed by atoms with Gasteiger partial charge in [0.05, 0.1) is 18.8 Å². The monoisotopic (exact) mass is 214 g/mol. The van der Waals surface area contributed by atoms with Gasteiger partial charge in [0.1, 0.15) is 5.76 Å². The number of nitrogens with one attached hydrogen (secondary N) is 1. The van der Waals surface area contributed by atoms with E-state index in [0.29, 0.717) is 6.42 Å². The fourth-order valence-corrected chi connectivity index (χ4v) is 0.618. The summed E-state index contributed by atoms with van der Waals surface area (Å²) < 4.78 is 0. The summed E-state index contributed by atoms with van der Waals surface area (Å²) in [5.41, 5.74) is 2.34. The third-order valence-corrected chi connectivity index (χ3v) is 1.46. The number of ketones is 1. The van der Waals surface area contributed by atoms with Gasteiger partial charge in [-0.3, -0.25) is 15.0 Å². The Morgan fingerprint density at radius 2 is 2.00 bits per heavy atom.